The first-order valence-corrected chi connectivity index (χ1v) is 9.96. The number of rotatable bonds is 4. The van der Waals surface area contributed by atoms with Crippen LogP contribution in [0.25, 0.3) is 0 Å². The van der Waals surface area contributed by atoms with Crippen molar-refractivity contribution >= 4 is 34.2 Å². The van der Waals surface area contributed by atoms with Crippen molar-refractivity contribution in [3.63, 3.8) is 0 Å². The lowest BCUT2D eigenvalue weighted by atomic mass is 10.2. The van der Waals surface area contributed by atoms with Crippen molar-refractivity contribution in [2.75, 3.05) is 42.2 Å². The SMILES string of the molecule is CSc1nc(C2CC2)cc(N2CCN(c3nc(C)ns3)CC2)n1. The van der Waals surface area contributed by atoms with Crippen molar-refractivity contribution in [3.8, 4) is 0 Å². The van der Waals surface area contributed by atoms with Gasteiger partial charge in [0, 0.05) is 49.7 Å². The van der Waals surface area contributed by atoms with E-state index < -0.39 is 0 Å². The molecular formula is C15H20N6S2. The van der Waals surface area contributed by atoms with Gasteiger partial charge in [0.25, 0.3) is 0 Å². The van der Waals surface area contributed by atoms with E-state index in [9.17, 15) is 0 Å². The third kappa shape index (κ3) is 3.28. The molecule has 0 spiro atoms. The molecule has 23 heavy (non-hydrogen) atoms. The van der Waals surface area contributed by atoms with Gasteiger partial charge in [-0.3, -0.25) is 0 Å². The minimum absolute atomic E-state index is 0.660. The second-order valence-electron chi connectivity index (χ2n) is 6.01. The number of piperazine rings is 1. The molecule has 8 heteroatoms. The Balaban J connectivity index is 1.48. The van der Waals surface area contributed by atoms with Gasteiger partial charge in [0.15, 0.2) is 5.16 Å². The summed E-state index contributed by atoms with van der Waals surface area (Å²) in [5, 5.41) is 1.93. The van der Waals surface area contributed by atoms with Crippen LogP contribution in [0.4, 0.5) is 10.9 Å². The summed E-state index contributed by atoms with van der Waals surface area (Å²) in [5.74, 6) is 2.61. The summed E-state index contributed by atoms with van der Waals surface area (Å²) in [5.41, 5.74) is 1.22. The minimum atomic E-state index is 0.660. The molecule has 1 aliphatic carbocycles. The highest BCUT2D eigenvalue weighted by molar-refractivity contribution is 7.98. The first kappa shape index (κ1) is 15.1. The Labute approximate surface area is 144 Å². The van der Waals surface area contributed by atoms with Gasteiger partial charge in [0.1, 0.15) is 11.6 Å². The second kappa shape index (κ2) is 6.24. The average molecular weight is 349 g/mol. The van der Waals surface area contributed by atoms with Crippen molar-refractivity contribution in [3.05, 3.63) is 17.6 Å². The van der Waals surface area contributed by atoms with E-state index in [1.165, 1.54) is 30.1 Å². The molecule has 2 fully saturated rings. The number of nitrogens with zero attached hydrogens (tertiary/aromatic N) is 6. The highest BCUT2D eigenvalue weighted by Crippen LogP contribution is 2.40. The Bertz CT molecular complexity index is 691. The number of anilines is 2. The molecule has 1 aliphatic heterocycles. The van der Waals surface area contributed by atoms with Crippen molar-refractivity contribution in [1.29, 1.82) is 0 Å². The maximum Gasteiger partial charge on any atom is 0.205 e. The van der Waals surface area contributed by atoms with Gasteiger partial charge in [-0.2, -0.15) is 4.37 Å². The van der Waals surface area contributed by atoms with Gasteiger partial charge in [-0.25, -0.2) is 15.0 Å². The summed E-state index contributed by atoms with van der Waals surface area (Å²) in [6.07, 6.45) is 4.59. The molecule has 0 atom stereocenters. The lowest BCUT2D eigenvalue weighted by Gasteiger charge is -2.35. The van der Waals surface area contributed by atoms with Crippen molar-refractivity contribution in [2.45, 2.75) is 30.8 Å². The fourth-order valence-corrected chi connectivity index (χ4v) is 3.92. The third-order valence-corrected chi connectivity index (χ3v) is 5.70. The number of aromatic nitrogens is 4. The van der Waals surface area contributed by atoms with Crippen molar-refractivity contribution < 1.29 is 0 Å². The van der Waals surface area contributed by atoms with E-state index in [0.29, 0.717) is 5.92 Å². The van der Waals surface area contributed by atoms with E-state index in [-0.39, 0.29) is 0 Å². The quantitative estimate of drug-likeness (QED) is 0.621. The molecule has 0 amide bonds. The van der Waals surface area contributed by atoms with Crippen LogP contribution in [0.15, 0.2) is 11.2 Å². The van der Waals surface area contributed by atoms with Crippen LogP contribution in [0, 0.1) is 6.92 Å². The summed E-state index contributed by atoms with van der Waals surface area (Å²) < 4.78 is 4.28. The van der Waals surface area contributed by atoms with E-state index in [4.69, 9.17) is 4.98 Å². The van der Waals surface area contributed by atoms with Crippen LogP contribution in [0.1, 0.15) is 30.3 Å². The van der Waals surface area contributed by atoms with Crippen LogP contribution in [-0.2, 0) is 0 Å². The minimum Gasteiger partial charge on any atom is -0.353 e. The monoisotopic (exact) mass is 348 g/mol. The molecule has 0 unspecified atom stereocenters. The zero-order valence-corrected chi connectivity index (χ0v) is 15.0. The zero-order valence-electron chi connectivity index (χ0n) is 13.4. The molecule has 0 radical (unpaired) electrons. The molecule has 122 valence electrons. The number of hydrogen-bond donors (Lipinski definition) is 0. The molecule has 1 saturated carbocycles. The van der Waals surface area contributed by atoms with E-state index in [2.05, 4.69) is 30.2 Å². The highest BCUT2D eigenvalue weighted by atomic mass is 32.2. The Morgan fingerprint density at radius 1 is 1.09 bits per heavy atom. The lowest BCUT2D eigenvalue weighted by molar-refractivity contribution is 0.640. The van der Waals surface area contributed by atoms with Crippen molar-refractivity contribution in [2.24, 2.45) is 0 Å². The summed E-state index contributed by atoms with van der Waals surface area (Å²) in [6, 6.07) is 2.20. The molecule has 3 heterocycles. The van der Waals surface area contributed by atoms with Gasteiger partial charge < -0.3 is 9.80 Å². The standard InChI is InChI=1S/C15H20N6S2/c1-10-16-15(23-19-10)21-7-5-20(6-8-21)13-9-12(11-3-4-11)17-14(18-13)22-2/h9,11H,3-8H2,1-2H3. The second-order valence-corrected chi connectivity index (χ2v) is 7.51. The third-order valence-electron chi connectivity index (χ3n) is 4.28. The Hall–Kier alpha value is -1.41. The molecule has 0 bridgehead atoms. The van der Waals surface area contributed by atoms with E-state index in [1.54, 1.807) is 11.8 Å². The summed E-state index contributed by atoms with van der Waals surface area (Å²) in [4.78, 5) is 18.6. The van der Waals surface area contributed by atoms with Gasteiger partial charge in [-0.05, 0) is 26.0 Å². The molecule has 2 aliphatic rings. The zero-order chi connectivity index (χ0) is 15.8. The maximum absolute atomic E-state index is 4.72. The molecule has 1 saturated heterocycles. The van der Waals surface area contributed by atoms with Crippen LogP contribution in [-0.4, -0.2) is 51.8 Å². The Morgan fingerprint density at radius 3 is 2.43 bits per heavy atom. The molecular weight excluding hydrogens is 328 g/mol. The fraction of sp³-hybridized carbons (Fsp3) is 0.600. The van der Waals surface area contributed by atoms with Crippen LogP contribution >= 0.6 is 23.3 Å². The summed E-state index contributed by atoms with van der Waals surface area (Å²) in [7, 11) is 0. The van der Waals surface area contributed by atoms with E-state index >= 15 is 0 Å². The maximum atomic E-state index is 4.72. The molecule has 4 rings (SSSR count). The van der Waals surface area contributed by atoms with E-state index in [0.717, 1.165) is 48.1 Å². The molecule has 0 N–H and O–H groups in total. The highest BCUT2D eigenvalue weighted by Gasteiger charge is 2.28. The average Bonchev–Trinajstić information content (AvgIpc) is 3.36. The van der Waals surface area contributed by atoms with Gasteiger partial charge in [-0.15, -0.1) is 0 Å². The van der Waals surface area contributed by atoms with E-state index in [1.807, 2.05) is 13.2 Å². The van der Waals surface area contributed by atoms with Crippen LogP contribution in [0.5, 0.6) is 0 Å². The Morgan fingerprint density at radius 2 is 1.83 bits per heavy atom. The molecule has 0 aromatic carbocycles. The largest absolute Gasteiger partial charge is 0.353 e. The first-order chi connectivity index (χ1) is 11.2. The number of hydrogen-bond acceptors (Lipinski definition) is 8. The predicted molar refractivity (Wildman–Crippen MR) is 94.9 cm³/mol. The molecule has 2 aromatic heterocycles. The predicted octanol–water partition coefficient (Wildman–Crippen LogP) is 2.56. The van der Waals surface area contributed by atoms with Gasteiger partial charge in [-0.1, -0.05) is 11.8 Å². The summed E-state index contributed by atoms with van der Waals surface area (Å²) >= 11 is 3.12. The molecule has 2 aromatic rings. The fourth-order valence-electron chi connectivity index (χ4n) is 2.81. The summed E-state index contributed by atoms with van der Waals surface area (Å²) in [6.45, 7) is 5.81. The Kier molecular flexibility index (Phi) is 4.11. The van der Waals surface area contributed by atoms with Gasteiger partial charge in [0.2, 0.25) is 5.13 Å². The van der Waals surface area contributed by atoms with Gasteiger partial charge >= 0.3 is 0 Å². The van der Waals surface area contributed by atoms with Crippen molar-refractivity contribution in [1.82, 2.24) is 19.3 Å². The van der Waals surface area contributed by atoms with Crippen LogP contribution in [0.3, 0.4) is 0 Å². The molecule has 6 nitrogen and oxygen atoms in total. The van der Waals surface area contributed by atoms with Gasteiger partial charge in [0.05, 0.1) is 5.69 Å². The number of aryl methyl sites for hydroxylation is 1. The topological polar surface area (TPSA) is 58.0 Å². The smallest absolute Gasteiger partial charge is 0.205 e. The van der Waals surface area contributed by atoms with Crippen LogP contribution in [0.2, 0.25) is 0 Å². The first-order valence-electron chi connectivity index (χ1n) is 7.96. The number of thioether (sulfide) groups is 1. The lowest BCUT2D eigenvalue weighted by Crippen LogP contribution is -2.46. The van der Waals surface area contributed by atoms with Crippen LogP contribution < -0.4 is 9.80 Å². The normalized spacial score (nSPS) is 18.5.